The smallest absolute Gasteiger partial charge is 0.385 e. The Morgan fingerprint density at radius 1 is 0.778 bits per heavy atom. The van der Waals surface area contributed by atoms with Crippen LogP contribution in [0.4, 0.5) is 22.0 Å². The fraction of sp³-hybridized carbons (Fsp3) is 0.808. The number of hydrogen-bond donors (Lipinski definition) is 2. The van der Waals surface area contributed by atoms with Gasteiger partial charge in [0.1, 0.15) is 23.8 Å². The van der Waals surface area contributed by atoms with Gasteiger partial charge < -0.3 is 24.5 Å². The number of carbonyl (C=O) groups excluding carboxylic acids is 2. The number of halogens is 5. The fourth-order valence-electron chi connectivity index (χ4n) is 13.4. The topological polar surface area (TPSA) is 93.1 Å². The molecule has 5 fully saturated rings. The number of aliphatic hydroxyl groups is 2. The molecule has 0 aromatic heterocycles. The number of hydrogen-bond acceptors (Lipinski definition) is 6. The SMILES string of the molecule is CC1(C)OC[C@@H](c2ccc([C@H]3C[C@@]4(C)[C@@H](CC[C@@]4(O)C(F)(F)C(F)(F)F)[C@@H]4CC[C@@]5(O)CC(=O)CCC5=C43)cc2)O1.CCCCCCCCCCCCCCC1(C=O)CC(C)(C)C1. The van der Waals surface area contributed by atoms with Crippen LogP contribution in [-0.4, -0.2) is 58.0 Å². The van der Waals surface area contributed by atoms with Crippen molar-refractivity contribution in [2.24, 2.45) is 28.1 Å². The minimum absolute atomic E-state index is 0.0168. The van der Waals surface area contributed by atoms with Crippen molar-refractivity contribution in [1.29, 1.82) is 0 Å². The summed E-state index contributed by atoms with van der Waals surface area (Å²) in [5.74, 6) is -7.67. The first-order chi connectivity index (χ1) is 29.5. The van der Waals surface area contributed by atoms with Gasteiger partial charge in [-0.15, -0.1) is 0 Å². The number of fused-ring (bicyclic) bond motifs is 4. The van der Waals surface area contributed by atoms with Gasteiger partial charge in [0.15, 0.2) is 5.79 Å². The predicted molar refractivity (Wildman–Crippen MR) is 235 cm³/mol. The molecule has 1 saturated heterocycles. The summed E-state index contributed by atoms with van der Waals surface area (Å²) in [6.07, 6.45) is 15.5. The number of aldehydes is 1. The Balaban J connectivity index is 0.000000255. The van der Waals surface area contributed by atoms with Gasteiger partial charge in [0.25, 0.3) is 0 Å². The highest BCUT2D eigenvalue weighted by Crippen LogP contribution is 2.71. The van der Waals surface area contributed by atoms with Gasteiger partial charge in [-0.2, -0.15) is 22.0 Å². The summed E-state index contributed by atoms with van der Waals surface area (Å²) in [6, 6.07) is 7.37. The lowest BCUT2D eigenvalue weighted by molar-refractivity contribution is -0.362. The molecule has 0 spiro atoms. The van der Waals surface area contributed by atoms with E-state index in [4.69, 9.17) is 9.47 Å². The number of carbonyl (C=O) groups is 2. The lowest BCUT2D eigenvalue weighted by Gasteiger charge is -2.57. The molecule has 4 saturated carbocycles. The van der Waals surface area contributed by atoms with Crippen molar-refractivity contribution in [3.8, 4) is 0 Å². The van der Waals surface area contributed by atoms with Crippen LogP contribution in [0.3, 0.4) is 0 Å². The van der Waals surface area contributed by atoms with E-state index in [0.29, 0.717) is 30.4 Å². The second-order valence-electron chi connectivity index (χ2n) is 22.2. The Bertz CT molecular complexity index is 1760. The Morgan fingerprint density at radius 3 is 1.87 bits per heavy atom. The Kier molecular flexibility index (Phi) is 15.3. The van der Waals surface area contributed by atoms with E-state index in [1.165, 1.54) is 90.3 Å². The molecule has 63 heavy (non-hydrogen) atoms. The van der Waals surface area contributed by atoms with Gasteiger partial charge >= 0.3 is 12.1 Å². The maximum absolute atomic E-state index is 15.2. The molecule has 0 unspecified atom stereocenters. The summed E-state index contributed by atoms with van der Waals surface area (Å²) in [6.45, 7) is 12.2. The van der Waals surface area contributed by atoms with Crippen LogP contribution in [-0.2, 0) is 19.1 Å². The van der Waals surface area contributed by atoms with E-state index >= 15 is 8.78 Å². The Morgan fingerprint density at radius 2 is 1.35 bits per heavy atom. The molecule has 7 rings (SSSR count). The van der Waals surface area contributed by atoms with E-state index in [9.17, 15) is 33.0 Å². The molecule has 1 aromatic rings. The average molecular weight is 893 g/mol. The number of ether oxygens (including phenoxy) is 2. The monoisotopic (exact) mass is 893 g/mol. The molecule has 356 valence electrons. The Labute approximate surface area is 373 Å². The van der Waals surface area contributed by atoms with Crippen molar-refractivity contribution >= 4 is 12.1 Å². The largest absolute Gasteiger partial charge is 0.456 e. The van der Waals surface area contributed by atoms with Crippen LogP contribution < -0.4 is 0 Å². The van der Waals surface area contributed by atoms with Gasteiger partial charge in [-0.3, -0.25) is 4.79 Å². The van der Waals surface area contributed by atoms with Crippen LogP contribution in [0.15, 0.2) is 35.4 Å². The molecule has 0 radical (unpaired) electrons. The second-order valence-corrected chi connectivity index (χ2v) is 22.2. The first-order valence-electron chi connectivity index (χ1n) is 24.5. The van der Waals surface area contributed by atoms with E-state index in [1.807, 2.05) is 38.1 Å². The molecule has 1 heterocycles. The van der Waals surface area contributed by atoms with Gasteiger partial charge in [0.05, 0.1) is 12.2 Å². The molecular weight excluding hydrogens is 816 g/mol. The Hall–Kier alpha value is -2.21. The minimum atomic E-state index is -5.90. The lowest BCUT2D eigenvalue weighted by Crippen LogP contribution is -2.65. The molecule has 6 aliphatic rings. The maximum atomic E-state index is 15.2. The van der Waals surface area contributed by atoms with Crippen molar-refractivity contribution in [2.75, 3.05) is 6.61 Å². The van der Waals surface area contributed by atoms with Gasteiger partial charge in [-0.25, -0.2) is 0 Å². The second kappa shape index (κ2) is 19.2. The van der Waals surface area contributed by atoms with Gasteiger partial charge in [-0.1, -0.05) is 135 Å². The molecule has 1 aromatic carbocycles. The highest BCUT2D eigenvalue weighted by molar-refractivity contribution is 5.82. The highest BCUT2D eigenvalue weighted by atomic mass is 19.4. The van der Waals surface area contributed by atoms with Gasteiger partial charge in [-0.05, 0) is 106 Å². The molecule has 0 amide bonds. The van der Waals surface area contributed by atoms with Crippen LogP contribution in [0, 0.1) is 28.1 Å². The first-order valence-corrected chi connectivity index (χ1v) is 24.5. The molecule has 1 aliphatic heterocycles. The zero-order chi connectivity index (χ0) is 46.1. The molecule has 5 aliphatic carbocycles. The maximum Gasteiger partial charge on any atom is 0.456 e. The number of ketones is 1. The summed E-state index contributed by atoms with van der Waals surface area (Å²) in [7, 11) is 0. The van der Waals surface area contributed by atoms with Crippen molar-refractivity contribution in [3.63, 3.8) is 0 Å². The summed E-state index contributed by atoms with van der Waals surface area (Å²) in [5, 5.41) is 23.0. The standard InChI is InChI=1S/C31H37F5O5.C21H40O/c1-26(2)40-16-24(41-26)18-6-4-17(5-7-18)21-15-27(3)22(11-13-29(27,39)30(32,33)31(34,35)36)20-10-12-28(38)14-19(37)8-9-23(28)25(20)21;1-4-5-6-7-8-9-10-11-12-13-14-15-16-21(19-22)17-20(2,3)18-21/h4-7,20-22,24,38-39H,8-16H2,1-3H3;19H,4-18H2,1-3H3/t20-,21+,22-,24-,27-,28+,29-;/m0./s1. The van der Waals surface area contributed by atoms with Crippen molar-refractivity contribution in [2.45, 2.75) is 230 Å². The third-order valence-electron chi connectivity index (χ3n) is 16.4. The number of Topliss-reactive ketones (excluding diaryl/α,β-unsaturated/α-hetero) is 1. The van der Waals surface area contributed by atoms with Gasteiger partial charge in [0, 0.05) is 29.6 Å². The first kappa shape index (κ1) is 50.2. The van der Waals surface area contributed by atoms with E-state index < -0.39 is 52.8 Å². The lowest BCUT2D eigenvalue weighted by atomic mass is 9.49. The summed E-state index contributed by atoms with van der Waals surface area (Å²) >= 11 is 0. The molecule has 11 heteroatoms. The molecule has 6 nitrogen and oxygen atoms in total. The van der Waals surface area contributed by atoms with Crippen molar-refractivity contribution < 1.29 is 51.2 Å². The van der Waals surface area contributed by atoms with E-state index in [0.717, 1.165) is 36.0 Å². The third-order valence-corrected chi connectivity index (χ3v) is 16.4. The zero-order valence-electron chi connectivity index (χ0n) is 39.1. The fourth-order valence-corrected chi connectivity index (χ4v) is 13.4. The highest BCUT2D eigenvalue weighted by Gasteiger charge is 2.79. The van der Waals surface area contributed by atoms with E-state index in [-0.39, 0.29) is 55.3 Å². The number of unbranched alkanes of at least 4 members (excludes halogenated alkanes) is 11. The van der Waals surface area contributed by atoms with Crippen molar-refractivity contribution in [3.05, 3.63) is 46.5 Å². The van der Waals surface area contributed by atoms with Crippen LogP contribution in [0.25, 0.3) is 0 Å². The third kappa shape index (κ3) is 10.4. The van der Waals surface area contributed by atoms with Crippen LogP contribution in [0.1, 0.15) is 212 Å². The van der Waals surface area contributed by atoms with Crippen LogP contribution in [0.2, 0.25) is 0 Å². The average Bonchev–Trinajstić information content (AvgIpc) is 3.71. The number of alkyl halides is 5. The summed E-state index contributed by atoms with van der Waals surface area (Å²) in [5.41, 5.74) is -2.72. The predicted octanol–water partition coefficient (Wildman–Crippen LogP) is 13.6. The number of benzene rings is 1. The van der Waals surface area contributed by atoms with Crippen LogP contribution in [0.5, 0.6) is 0 Å². The van der Waals surface area contributed by atoms with E-state index in [1.54, 1.807) is 0 Å². The molecule has 0 bridgehead atoms. The van der Waals surface area contributed by atoms with Crippen molar-refractivity contribution in [1.82, 2.24) is 0 Å². The number of allylic oxidation sites excluding steroid dienone is 1. The van der Waals surface area contributed by atoms with Gasteiger partial charge in [0.2, 0.25) is 0 Å². The molecule has 7 atom stereocenters. The quantitative estimate of drug-likeness (QED) is 0.0700. The zero-order valence-corrected chi connectivity index (χ0v) is 39.1. The summed E-state index contributed by atoms with van der Waals surface area (Å²) < 4.78 is 83.2. The van der Waals surface area contributed by atoms with Crippen LogP contribution >= 0.6 is 0 Å². The normalized spacial score (nSPS) is 33.1. The molecular formula is C52H77F5O6. The molecule has 2 N–H and O–H groups in total. The number of rotatable bonds is 17. The minimum Gasteiger partial charge on any atom is -0.385 e. The van der Waals surface area contributed by atoms with E-state index in [2.05, 4.69) is 20.8 Å². The summed E-state index contributed by atoms with van der Waals surface area (Å²) in [4.78, 5) is 23.7.